The largest absolute Gasteiger partial charge is 0.325 e. The van der Waals surface area contributed by atoms with Gasteiger partial charge in [-0.05, 0) is 37.3 Å². The van der Waals surface area contributed by atoms with Gasteiger partial charge in [-0.1, -0.05) is 23.4 Å². The van der Waals surface area contributed by atoms with Crippen LogP contribution >= 0.6 is 34.7 Å². The molecule has 0 fully saturated rings. The molecule has 3 rings (SSSR count). The zero-order chi connectivity index (χ0) is 18.0. The maximum absolute atomic E-state index is 12.3. The first-order valence-electron chi connectivity index (χ1n) is 7.20. The van der Waals surface area contributed by atoms with Crippen molar-refractivity contribution in [3.05, 3.63) is 57.6 Å². The van der Waals surface area contributed by atoms with Gasteiger partial charge in [0.1, 0.15) is 0 Å². The second kappa shape index (κ2) is 7.38. The van der Waals surface area contributed by atoms with E-state index in [9.17, 15) is 14.9 Å². The lowest BCUT2D eigenvalue weighted by atomic mass is 10.3. The number of carbonyl (C=O) groups excluding carboxylic acids is 1. The molecule has 0 spiro atoms. The summed E-state index contributed by atoms with van der Waals surface area (Å²) in [5.41, 5.74) is 1.38. The van der Waals surface area contributed by atoms with Gasteiger partial charge < -0.3 is 5.32 Å². The molecular formula is C16H12ClN3O3S2. The van der Waals surface area contributed by atoms with E-state index in [4.69, 9.17) is 11.6 Å². The van der Waals surface area contributed by atoms with Gasteiger partial charge in [0.2, 0.25) is 5.91 Å². The monoisotopic (exact) mass is 393 g/mol. The van der Waals surface area contributed by atoms with Crippen LogP contribution in [0.15, 0.2) is 46.8 Å². The molecule has 0 saturated heterocycles. The van der Waals surface area contributed by atoms with Gasteiger partial charge in [-0.2, -0.15) is 0 Å². The number of fused-ring (bicyclic) bond motifs is 1. The minimum Gasteiger partial charge on any atom is -0.325 e. The lowest BCUT2D eigenvalue weighted by molar-refractivity contribution is -0.384. The summed E-state index contributed by atoms with van der Waals surface area (Å²) < 4.78 is 1.41. The molecule has 1 N–H and O–H groups in total. The average Bonchev–Trinajstić information content (AvgIpc) is 2.98. The summed E-state index contributed by atoms with van der Waals surface area (Å²) in [5.74, 6) is -0.155. The summed E-state index contributed by atoms with van der Waals surface area (Å²) >= 11 is 8.47. The van der Waals surface area contributed by atoms with Crippen LogP contribution in [-0.2, 0) is 4.79 Å². The molecule has 0 unspecified atom stereocenters. The first-order valence-corrected chi connectivity index (χ1v) is 9.28. The molecule has 1 heterocycles. The molecule has 9 heteroatoms. The maximum Gasteiger partial charge on any atom is 0.270 e. The van der Waals surface area contributed by atoms with Crippen LogP contribution in [0.5, 0.6) is 0 Å². The van der Waals surface area contributed by atoms with Crippen molar-refractivity contribution in [2.45, 2.75) is 16.5 Å². The smallest absolute Gasteiger partial charge is 0.270 e. The highest BCUT2D eigenvalue weighted by atomic mass is 35.5. The zero-order valence-corrected chi connectivity index (χ0v) is 15.3. The van der Waals surface area contributed by atoms with Crippen LogP contribution in [0.4, 0.5) is 11.4 Å². The molecule has 3 aromatic rings. The summed E-state index contributed by atoms with van der Waals surface area (Å²) in [5, 5.41) is 13.9. The van der Waals surface area contributed by atoms with Crippen molar-refractivity contribution in [3.8, 4) is 0 Å². The van der Waals surface area contributed by atoms with Crippen LogP contribution in [-0.4, -0.2) is 21.1 Å². The fourth-order valence-electron chi connectivity index (χ4n) is 2.04. The van der Waals surface area contributed by atoms with Crippen LogP contribution in [0.3, 0.4) is 0 Å². The van der Waals surface area contributed by atoms with Gasteiger partial charge in [0.05, 0.1) is 20.4 Å². The lowest BCUT2D eigenvalue weighted by Gasteiger charge is -2.10. The fourth-order valence-corrected chi connectivity index (χ4v) is 4.41. The predicted octanol–water partition coefficient (Wildman–Crippen LogP) is 4.98. The summed E-state index contributed by atoms with van der Waals surface area (Å²) in [7, 11) is 0. The van der Waals surface area contributed by atoms with Crippen molar-refractivity contribution >= 4 is 62.2 Å². The quantitative estimate of drug-likeness (QED) is 0.375. The third-order valence-corrected chi connectivity index (χ3v) is 5.79. The lowest BCUT2D eigenvalue weighted by Crippen LogP contribution is -2.22. The minimum atomic E-state index is -0.436. The van der Waals surface area contributed by atoms with E-state index in [1.54, 1.807) is 37.3 Å². The van der Waals surface area contributed by atoms with Crippen molar-refractivity contribution in [2.24, 2.45) is 0 Å². The Balaban J connectivity index is 1.70. The van der Waals surface area contributed by atoms with Crippen LogP contribution in [0, 0.1) is 10.1 Å². The topological polar surface area (TPSA) is 85.1 Å². The van der Waals surface area contributed by atoms with Gasteiger partial charge in [-0.15, -0.1) is 11.3 Å². The van der Waals surface area contributed by atoms with Crippen molar-refractivity contribution in [1.29, 1.82) is 0 Å². The van der Waals surface area contributed by atoms with E-state index in [0.29, 0.717) is 20.6 Å². The molecule has 0 bridgehead atoms. The molecule has 1 aromatic heterocycles. The van der Waals surface area contributed by atoms with Gasteiger partial charge in [0, 0.05) is 22.8 Å². The first kappa shape index (κ1) is 17.7. The van der Waals surface area contributed by atoms with Gasteiger partial charge >= 0.3 is 0 Å². The standard InChI is InChI=1S/C16H12ClN3O3S2/c1-9(15(21)18-11-4-2-10(17)3-5-11)24-16-19-13-7-6-12(20(22)23)8-14(13)25-16/h2-9H,1H3,(H,18,21)/t9-/m0/s1. The number of anilines is 1. The van der Waals surface area contributed by atoms with E-state index < -0.39 is 4.92 Å². The second-order valence-corrected chi connectivity index (χ2v) is 8.20. The molecule has 0 radical (unpaired) electrons. The molecule has 2 aromatic carbocycles. The summed E-state index contributed by atoms with van der Waals surface area (Å²) in [6.45, 7) is 1.78. The minimum absolute atomic E-state index is 0.0289. The van der Waals surface area contributed by atoms with E-state index in [0.717, 1.165) is 4.70 Å². The number of nitro groups is 1. The Kier molecular flexibility index (Phi) is 5.22. The number of benzene rings is 2. The normalized spacial score (nSPS) is 12.1. The molecule has 1 atom stereocenters. The van der Waals surface area contributed by atoms with Gasteiger partial charge in [-0.25, -0.2) is 4.98 Å². The number of hydrogen-bond acceptors (Lipinski definition) is 6. The number of hydrogen-bond donors (Lipinski definition) is 1. The Bertz CT molecular complexity index is 943. The number of amides is 1. The van der Waals surface area contributed by atoms with Gasteiger partial charge in [0.25, 0.3) is 5.69 Å². The van der Waals surface area contributed by atoms with Crippen molar-refractivity contribution in [2.75, 3.05) is 5.32 Å². The van der Waals surface area contributed by atoms with Crippen LogP contribution in [0.1, 0.15) is 6.92 Å². The molecule has 0 aliphatic heterocycles. The number of thiazole rings is 1. The number of rotatable bonds is 5. The van der Waals surface area contributed by atoms with E-state index in [1.165, 1.54) is 35.2 Å². The Hall–Kier alpha value is -2.16. The highest BCUT2D eigenvalue weighted by molar-refractivity contribution is 8.02. The molecular weight excluding hydrogens is 382 g/mol. The van der Waals surface area contributed by atoms with Crippen LogP contribution in [0.25, 0.3) is 10.2 Å². The van der Waals surface area contributed by atoms with E-state index in [2.05, 4.69) is 10.3 Å². The number of nitro benzene ring substituents is 1. The molecule has 25 heavy (non-hydrogen) atoms. The number of thioether (sulfide) groups is 1. The summed E-state index contributed by atoms with van der Waals surface area (Å²) in [4.78, 5) is 27.1. The molecule has 0 saturated carbocycles. The number of aromatic nitrogens is 1. The molecule has 1 amide bonds. The number of halogens is 1. The Morgan fingerprint density at radius 1 is 1.32 bits per heavy atom. The Morgan fingerprint density at radius 3 is 2.72 bits per heavy atom. The third kappa shape index (κ3) is 4.28. The van der Waals surface area contributed by atoms with Crippen LogP contribution in [0.2, 0.25) is 5.02 Å². The number of carbonyl (C=O) groups is 1. The summed E-state index contributed by atoms with van der Waals surface area (Å²) in [6, 6.07) is 11.4. The molecule has 0 aliphatic rings. The van der Waals surface area contributed by atoms with Crippen molar-refractivity contribution in [1.82, 2.24) is 4.98 Å². The van der Waals surface area contributed by atoms with Crippen LogP contribution < -0.4 is 5.32 Å². The number of non-ortho nitro benzene ring substituents is 1. The Labute approximate surface area is 156 Å². The van der Waals surface area contributed by atoms with Gasteiger partial charge in [-0.3, -0.25) is 14.9 Å². The van der Waals surface area contributed by atoms with Gasteiger partial charge in [0.15, 0.2) is 4.34 Å². The van der Waals surface area contributed by atoms with Crippen molar-refractivity contribution in [3.63, 3.8) is 0 Å². The predicted molar refractivity (Wildman–Crippen MR) is 102 cm³/mol. The number of nitrogens with one attached hydrogen (secondary N) is 1. The summed E-state index contributed by atoms with van der Waals surface area (Å²) in [6.07, 6.45) is 0. The highest BCUT2D eigenvalue weighted by Gasteiger charge is 2.18. The first-order chi connectivity index (χ1) is 11.9. The van der Waals surface area contributed by atoms with E-state index in [1.807, 2.05) is 0 Å². The molecule has 6 nitrogen and oxygen atoms in total. The average molecular weight is 394 g/mol. The molecule has 128 valence electrons. The molecule has 0 aliphatic carbocycles. The van der Waals surface area contributed by atoms with Crippen molar-refractivity contribution < 1.29 is 9.72 Å². The number of nitrogens with zero attached hydrogens (tertiary/aromatic N) is 2. The second-order valence-electron chi connectivity index (χ2n) is 5.15. The van der Waals surface area contributed by atoms with E-state index in [-0.39, 0.29) is 16.8 Å². The fraction of sp³-hybridized carbons (Fsp3) is 0.125. The van der Waals surface area contributed by atoms with E-state index >= 15 is 0 Å². The third-order valence-electron chi connectivity index (χ3n) is 3.32. The highest BCUT2D eigenvalue weighted by Crippen LogP contribution is 2.34. The SMILES string of the molecule is C[C@H](Sc1nc2ccc([N+](=O)[O-])cc2s1)C(=O)Nc1ccc(Cl)cc1. The Morgan fingerprint density at radius 2 is 2.04 bits per heavy atom. The maximum atomic E-state index is 12.3. The zero-order valence-electron chi connectivity index (χ0n) is 12.9.